The molecule has 1 aliphatic carbocycles. The molecule has 1 fully saturated rings. The van der Waals surface area contributed by atoms with Gasteiger partial charge in [-0.3, -0.25) is 14.3 Å². The van der Waals surface area contributed by atoms with Gasteiger partial charge in [-0.05, 0) is 26.2 Å². The fourth-order valence-corrected chi connectivity index (χ4v) is 2.92. The Labute approximate surface area is 105 Å². The molecule has 0 aromatic carbocycles. The van der Waals surface area contributed by atoms with E-state index in [1.54, 1.807) is 6.92 Å². The van der Waals surface area contributed by atoms with E-state index in [-0.39, 0.29) is 11.4 Å². The lowest BCUT2D eigenvalue weighted by atomic mass is 9.83. The summed E-state index contributed by atoms with van der Waals surface area (Å²) in [4.78, 5) is 25.9. The van der Waals surface area contributed by atoms with Crippen LogP contribution in [-0.4, -0.2) is 14.7 Å². The molecule has 0 amide bonds. The predicted molar refractivity (Wildman–Crippen MR) is 69.1 cm³/mol. The Kier molecular flexibility index (Phi) is 3.32. The Hall–Kier alpha value is -1.52. The number of hydrogen-bond donors (Lipinski definition) is 2. The molecule has 0 atom stereocenters. The molecule has 1 aliphatic rings. The van der Waals surface area contributed by atoms with Crippen molar-refractivity contribution < 1.29 is 5.11 Å². The van der Waals surface area contributed by atoms with Crippen molar-refractivity contribution in [2.45, 2.75) is 57.9 Å². The number of H-pyrrole nitrogens is 1. The van der Waals surface area contributed by atoms with E-state index >= 15 is 0 Å². The van der Waals surface area contributed by atoms with Crippen LogP contribution in [0.15, 0.2) is 9.59 Å². The minimum absolute atomic E-state index is 0.157. The van der Waals surface area contributed by atoms with E-state index in [0.29, 0.717) is 12.0 Å². The van der Waals surface area contributed by atoms with Crippen LogP contribution in [0, 0.1) is 0 Å². The molecule has 0 saturated heterocycles. The summed E-state index contributed by atoms with van der Waals surface area (Å²) in [5.41, 5.74) is -1.07. The maximum Gasteiger partial charge on any atom is 0.331 e. The zero-order valence-corrected chi connectivity index (χ0v) is 11.0. The number of nitrogens with one attached hydrogen (secondary N) is 1. The van der Waals surface area contributed by atoms with Crippen LogP contribution < -0.4 is 11.2 Å². The van der Waals surface area contributed by atoms with Crippen LogP contribution in [0.4, 0.5) is 0 Å². The van der Waals surface area contributed by atoms with Crippen molar-refractivity contribution in [1.29, 1.82) is 0 Å². The Morgan fingerprint density at radius 2 is 1.89 bits per heavy atom. The lowest BCUT2D eigenvalue weighted by Gasteiger charge is -2.36. The summed E-state index contributed by atoms with van der Waals surface area (Å²) < 4.78 is 1.38. The van der Waals surface area contributed by atoms with Gasteiger partial charge in [0.25, 0.3) is 5.56 Å². The molecule has 1 aromatic rings. The van der Waals surface area contributed by atoms with E-state index in [4.69, 9.17) is 0 Å². The van der Waals surface area contributed by atoms with Crippen LogP contribution in [0.25, 0.3) is 0 Å². The molecule has 0 unspecified atom stereocenters. The fraction of sp³-hybridized carbons (Fsp3) is 0.692. The van der Waals surface area contributed by atoms with Crippen molar-refractivity contribution in [2.75, 3.05) is 0 Å². The minimum atomic E-state index is -0.501. The normalized spacial score (nSPS) is 18.8. The number of nitrogens with zero attached hydrogens (tertiary/aromatic N) is 1. The molecule has 1 heterocycles. The molecule has 0 aliphatic heterocycles. The van der Waals surface area contributed by atoms with Crippen LogP contribution in [0.5, 0.6) is 5.88 Å². The van der Waals surface area contributed by atoms with E-state index in [0.717, 1.165) is 32.1 Å². The van der Waals surface area contributed by atoms with E-state index in [9.17, 15) is 14.7 Å². The van der Waals surface area contributed by atoms with Crippen molar-refractivity contribution in [3.8, 4) is 5.88 Å². The van der Waals surface area contributed by atoms with Gasteiger partial charge in [0.2, 0.25) is 5.88 Å². The summed E-state index contributed by atoms with van der Waals surface area (Å²) in [6, 6.07) is 0. The van der Waals surface area contributed by atoms with Crippen molar-refractivity contribution in [1.82, 2.24) is 9.55 Å². The molecule has 1 aromatic heterocycles. The second-order valence-corrected chi connectivity index (χ2v) is 5.31. The largest absolute Gasteiger partial charge is 0.494 e. The van der Waals surface area contributed by atoms with Gasteiger partial charge in [0.1, 0.15) is 0 Å². The Balaban J connectivity index is 2.63. The molecule has 100 valence electrons. The molecule has 0 spiro atoms. The van der Waals surface area contributed by atoms with Gasteiger partial charge < -0.3 is 5.11 Å². The van der Waals surface area contributed by atoms with Gasteiger partial charge in [0.05, 0.1) is 5.56 Å². The molecule has 2 N–H and O–H groups in total. The first kappa shape index (κ1) is 12.9. The smallest absolute Gasteiger partial charge is 0.331 e. The quantitative estimate of drug-likeness (QED) is 0.837. The van der Waals surface area contributed by atoms with E-state index in [2.05, 4.69) is 4.98 Å². The Morgan fingerprint density at radius 1 is 1.28 bits per heavy atom. The first-order valence-electron chi connectivity index (χ1n) is 6.57. The van der Waals surface area contributed by atoms with Gasteiger partial charge in [-0.2, -0.15) is 0 Å². The van der Waals surface area contributed by atoms with Gasteiger partial charge in [0.15, 0.2) is 0 Å². The molecule has 5 nitrogen and oxygen atoms in total. The third kappa shape index (κ3) is 1.98. The Morgan fingerprint density at radius 3 is 2.44 bits per heavy atom. The highest BCUT2D eigenvalue weighted by atomic mass is 16.3. The van der Waals surface area contributed by atoms with E-state index < -0.39 is 11.2 Å². The summed E-state index contributed by atoms with van der Waals surface area (Å²) >= 11 is 0. The lowest BCUT2D eigenvalue weighted by Crippen LogP contribution is -2.44. The SMILES string of the molecule is CCc1c(O)n(C2(C)CCCCC2)c(=O)[nH]c1=O. The summed E-state index contributed by atoms with van der Waals surface area (Å²) in [6.45, 7) is 3.77. The first-order valence-corrected chi connectivity index (χ1v) is 6.57. The van der Waals surface area contributed by atoms with Crippen LogP contribution in [0.1, 0.15) is 51.5 Å². The molecule has 5 heteroatoms. The van der Waals surface area contributed by atoms with Gasteiger partial charge >= 0.3 is 5.69 Å². The van der Waals surface area contributed by atoms with Crippen LogP contribution in [-0.2, 0) is 12.0 Å². The van der Waals surface area contributed by atoms with Crippen LogP contribution in [0.3, 0.4) is 0 Å². The second kappa shape index (κ2) is 4.63. The highest BCUT2D eigenvalue weighted by molar-refractivity contribution is 5.24. The third-order valence-electron chi connectivity index (χ3n) is 4.00. The molecular weight excluding hydrogens is 232 g/mol. The van der Waals surface area contributed by atoms with Crippen molar-refractivity contribution in [2.24, 2.45) is 0 Å². The van der Waals surface area contributed by atoms with Crippen LogP contribution in [0.2, 0.25) is 0 Å². The number of hydrogen-bond acceptors (Lipinski definition) is 3. The lowest BCUT2D eigenvalue weighted by molar-refractivity contribution is 0.187. The molecule has 18 heavy (non-hydrogen) atoms. The van der Waals surface area contributed by atoms with Gasteiger partial charge in [-0.15, -0.1) is 0 Å². The minimum Gasteiger partial charge on any atom is -0.494 e. The van der Waals surface area contributed by atoms with E-state index in [1.807, 2.05) is 6.92 Å². The monoisotopic (exact) mass is 252 g/mol. The molecular formula is C13H20N2O3. The van der Waals surface area contributed by atoms with Gasteiger partial charge in [0, 0.05) is 5.54 Å². The number of rotatable bonds is 2. The molecule has 1 saturated carbocycles. The maximum atomic E-state index is 12.0. The zero-order chi connectivity index (χ0) is 13.3. The van der Waals surface area contributed by atoms with Gasteiger partial charge in [-0.25, -0.2) is 4.79 Å². The van der Waals surface area contributed by atoms with Crippen LogP contribution >= 0.6 is 0 Å². The number of aromatic amines is 1. The van der Waals surface area contributed by atoms with E-state index in [1.165, 1.54) is 4.57 Å². The van der Waals surface area contributed by atoms with Crippen molar-refractivity contribution in [3.63, 3.8) is 0 Å². The molecule has 0 bridgehead atoms. The predicted octanol–water partition coefficient (Wildman–Crippen LogP) is 1.48. The van der Waals surface area contributed by atoms with Gasteiger partial charge in [-0.1, -0.05) is 26.2 Å². The maximum absolute atomic E-state index is 12.0. The summed E-state index contributed by atoms with van der Waals surface area (Å²) in [7, 11) is 0. The summed E-state index contributed by atoms with van der Waals surface area (Å²) in [5.74, 6) is -0.157. The average molecular weight is 252 g/mol. The highest BCUT2D eigenvalue weighted by Crippen LogP contribution is 2.35. The van der Waals surface area contributed by atoms with Crippen molar-refractivity contribution >= 4 is 0 Å². The fourth-order valence-electron chi connectivity index (χ4n) is 2.92. The number of aromatic nitrogens is 2. The standard InChI is InChI=1S/C13H20N2O3/c1-3-9-10(16)14-12(18)15(11(9)17)13(2)7-5-4-6-8-13/h17H,3-8H2,1-2H3,(H,14,16,18). The summed E-state index contributed by atoms with van der Waals surface area (Å²) in [5, 5.41) is 10.2. The topological polar surface area (TPSA) is 75.1 Å². The zero-order valence-electron chi connectivity index (χ0n) is 11.0. The summed E-state index contributed by atoms with van der Waals surface area (Å²) in [6.07, 6.45) is 5.38. The van der Waals surface area contributed by atoms with Crippen molar-refractivity contribution in [3.05, 3.63) is 26.4 Å². The second-order valence-electron chi connectivity index (χ2n) is 5.31. The Bertz CT molecular complexity index is 550. The highest BCUT2D eigenvalue weighted by Gasteiger charge is 2.32. The molecule has 0 radical (unpaired) electrons. The number of aromatic hydroxyl groups is 1. The third-order valence-corrected chi connectivity index (χ3v) is 4.00. The first-order chi connectivity index (χ1) is 8.49. The molecule has 2 rings (SSSR count). The average Bonchev–Trinajstić information content (AvgIpc) is 2.29.